The van der Waals surface area contributed by atoms with Crippen molar-refractivity contribution in [3.8, 4) is 0 Å². The topological polar surface area (TPSA) is 35.9 Å². The number of amidine groups is 1. The summed E-state index contributed by atoms with van der Waals surface area (Å²) in [6, 6.07) is 17.1. The molecule has 2 aliphatic rings. The van der Waals surface area contributed by atoms with Crippen LogP contribution >= 0.6 is 11.8 Å². The largest absolute Gasteiger partial charge is 0.368 e. The molecule has 27 heavy (non-hydrogen) atoms. The van der Waals surface area contributed by atoms with Gasteiger partial charge in [-0.15, -0.1) is 0 Å². The molecule has 2 heterocycles. The van der Waals surface area contributed by atoms with E-state index in [1.807, 2.05) is 0 Å². The Morgan fingerprint density at radius 2 is 1.67 bits per heavy atom. The number of hydrogen-bond donors (Lipinski definition) is 0. The predicted molar refractivity (Wildman–Crippen MR) is 114 cm³/mol. The van der Waals surface area contributed by atoms with E-state index >= 15 is 0 Å². The number of amides is 1. The van der Waals surface area contributed by atoms with Crippen LogP contribution in [0.15, 0.2) is 53.5 Å². The third-order valence-corrected chi connectivity index (χ3v) is 6.40. The average Bonchev–Trinajstić information content (AvgIpc) is 3.04. The Morgan fingerprint density at radius 3 is 2.37 bits per heavy atom. The Bertz CT molecular complexity index is 854. The number of nitrogens with zero attached hydrogens (tertiary/aromatic N) is 3. The van der Waals surface area contributed by atoms with Crippen LogP contribution in [0.1, 0.15) is 16.7 Å². The van der Waals surface area contributed by atoms with Crippen LogP contribution < -0.4 is 4.90 Å². The number of anilines is 1. The van der Waals surface area contributed by atoms with Gasteiger partial charge < -0.3 is 9.80 Å². The summed E-state index contributed by atoms with van der Waals surface area (Å²) in [5.74, 6) is 0.0108. The van der Waals surface area contributed by atoms with Crippen LogP contribution in [0, 0.1) is 13.8 Å². The molecule has 140 valence electrons. The molecule has 0 aliphatic carbocycles. The van der Waals surface area contributed by atoms with Gasteiger partial charge in [0.2, 0.25) is 0 Å². The summed E-state index contributed by atoms with van der Waals surface area (Å²) >= 11 is 1.63. The van der Waals surface area contributed by atoms with Crippen molar-refractivity contribution in [1.82, 2.24) is 4.90 Å². The van der Waals surface area contributed by atoms with Gasteiger partial charge in [0.25, 0.3) is 5.91 Å². The SMILES string of the molecule is Cc1ccc(C[C@H]2SC(N3CCN(c4cccc(C)c4)CC3)=NC2=O)cc1. The van der Waals surface area contributed by atoms with Crippen LogP contribution in [0.2, 0.25) is 0 Å². The van der Waals surface area contributed by atoms with Gasteiger partial charge in [0.15, 0.2) is 5.17 Å². The van der Waals surface area contributed by atoms with Crippen LogP contribution in [-0.2, 0) is 11.2 Å². The fraction of sp³-hybridized carbons (Fsp3) is 0.364. The molecule has 1 amide bonds. The molecule has 2 aliphatic heterocycles. The minimum atomic E-state index is -0.0856. The third kappa shape index (κ3) is 4.19. The van der Waals surface area contributed by atoms with Gasteiger partial charge in [0.1, 0.15) is 0 Å². The standard InChI is InChI=1S/C22H25N3OS/c1-16-6-8-18(9-7-16)15-20-21(26)23-22(27-20)25-12-10-24(11-13-25)19-5-3-4-17(2)14-19/h3-9,14,20H,10-13,15H2,1-2H3/t20-/m1/s1. The zero-order chi connectivity index (χ0) is 18.8. The molecule has 5 heteroatoms. The first kappa shape index (κ1) is 18.1. The molecule has 2 aromatic carbocycles. The molecule has 4 nitrogen and oxygen atoms in total. The van der Waals surface area contributed by atoms with Crippen LogP contribution in [0.3, 0.4) is 0 Å². The van der Waals surface area contributed by atoms with Gasteiger partial charge >= 0.3 is 0 Å². The van der Waals surface area contributed by atoms with Crippen molar-refractivity contribution in [1.29, 1.82) is 0 Å². The molecule has 0 N–H and O–H groups in total. The average molecular weight is 380 g/mol. The molecular formula is C22H25N3OS. The van der Waals surface area contributed by atoms with Crippen LogP contribution in [0.25, 0.3) is 0 Å². The number of aryl methyl sites for hydroxylation is 2. The number of hydrogen-bond acceptors (Lipinski definition) is 4. The number of carbonyl (C=O) groups is 1. The first-order chi connectivity index (χ1) is 13.1. The van der Waals surface area contributed by atoms with Crippen molar-refractivity contribution in [2.45, 2.75) is 25.5 Å². The zero-order valence-corrected chi connectivity index (χ0v) is 16.7. The summed E-state index contributed by atoms with van der Waals surface area (Å²) in [5, 5.41) is 0.818. The highest BCUT2D eigenvalue weighted by Gasteiger charge is 2.32. The maximum absolute atomic E-state index is 12.4. The van der Waals surface area contributed by atoms with Crippen LogP contribution in [-0.4, -0.2) is 47.4 Å². The van der Waals surface area contributed by atoms with Gasteiger partial charge in [0.05, 0.1) is 5.25 Å². The van der Waals surface area contributed by atoms with E-state index in [1.54, 1.807) is 11.8 Å². The molecule has 1 atom stereocenters. The summed E-state index contributed by atoms with van der Waals surface area (Å²) in [4.78, 5) is 21.4. The van der Waals surface area contributed by atoms with E-state index in [0.29, 0.717) is 0 Å². The first-order valence-corrected chi connectivity index (χ1v) is 10.4. The number of thioether (sulfide) groups is 1. The molecule has 2 aromatic rings. The number of carbonyl (C=O) groups excluding carboxylic acids is 1. The van der Waals surface area contributed by atoms with E-state index in [1.165, 1.54) is 22.4 Å². The van der Waals surface area contributed by atoms with E-state index in [2.05, 4.69) is 77.2 Å². The van der Waals surface area contributed by atoms with Crippen LogP contribution in [0.4, 0.5) is 5.69 Å². The minimum Gasteiger partial charge on any atom is -0.368 e. The highest BCUT2D eigenvalue weighted by molar-refractivity contribution is 8.15. The molecule has 0 unspecified atom stereocenters. The monoisotopic (exact) mass is 379 g/mol. The lowest BCUT2D eigenvalue weighted by Gasteiger charge is -2.37. The minimum absolute atomic E-state index is 0.0108. The smallest absolute Gasteiger partial charge is 0.262 e. The lowest BCUT2D eigenvalue weighted by molar-refractivity contribution is -0.117. The molecule has 0 bridgehead atoms. The maximum atomic E-state index is 12.4. The molecule has 0 spiro atoms. The molecule has 4 rings (SSSR count). The molecular weight excluding hydrogens is 354 g/mol. The van der Waals surface area contributed by atoms with Gasteiger partial charge in [-0.3, -0.25) is 4.79 Å². The second kappa shape index (κ2) is 7.77. The van der Waals surface area contributed by atoms with Crippen molar-refractivity contribution in [3.05, 3.63) is 65.2 Å². The second-order valence-corrected chi connectivity index (χ2v) is 8.51. The fourth-order valence-electron chi connectivity index (χ4n) is 3.56. The van der Waals surface area contributed by atoms with Gasteiger partial charge in [-0.1, -0.05) is 53.7 Å². The summed E-state index contributed by atoms with van der Waals surface area (Å²) < 4.78 is 0. The van der Waals surface area contributed by atoms with Gasteiger partial charge in [-0.2, -0.15) is 4.99 Å². The number of piperazine rings is 1. The molecule has 0 radical (unpaired) electrons. The van der Waals surface area contributed by atoms with E-state index in [-0.39, 0.29) is 11.2 Å². The van der Waals surface area contributed by atoms with Gasteiger partial charge in [-0.05, 0) is 43.5 Å². The van der Waals surface area contributed by atoms with E-state index in [9.17, 15) is 4.79 Å². The Hall–Kier alpha value is -2.27. The summed E-state index contributed by atoms with van der Waals surface area (Å²) in [6.45, 7) is 7.94. The predicted octanol–water partition coefficient (Wildman–Crippen LogP) is 3.67. The number of rotatable bonds is 3. The number of benzene rings is 2. The highest BCUT2D eigenvalue weighted by atomic mass is 32.2. The quantitative estimate of drug-likeness (QED) is 0.815. The van der Waals surface area contributed by atoms with Crippen molar-refractivity contribution in [2.75, 3.05) is 31.1 Å². The summed E-state index contributed by atoms with van der Waals surface area (Å²) in [5.41, 5.74) is 5.01. The molecule has 0 saturated carbocycles. The number of aliphatic imine (C=N–C) groups is 1. The summed E-state index contributed by atoms with van der Waals surface area (Å²) in [7, 11) is 0. The van der Waals surface area contributed by atoms with E-state index < -0.39 is 0 Å². The zero-order valence-electron chi connectivity index (χ0n) is 15.9. The molecule has 1 fully saturated rings. The van der Waals surface area contributed by atoms with E-state index in [0.717, 1.165) is 37.8 Å². The first-order valence-electron chi connectivity index (χ1n) is 9.50. The Labute approximate surface area is 165 Å². The molecule has 1 saturated heterocycles. The Kier molecular flexibility index (Phi) is 5.21. The van der Waals surface area contributed by atoms with Gasteiger partial charge in [-0.25, -0.2) is 0 Å². The highest BCUT2D eigenvalue weighted by Crippen LogP contribution is 2.29. The lowest BCUT2D eigenvalue weighted by Crippen LogP contribution is -2.48. The molecule has 0 aromatic heterocycles. The van der Waals surface area contributed by atoms with E-state index in [4.69, 9.17) is 0 Å². The Balaban J connectivity index is 1.34. The van der Waals surface area contributed by atoms with Crippen molar-refractivity contribution < 1.29 is 4.79 Å². The van der Waals surface area contributed by atoms with Gasteiger partial charge in [0, 0.05) is 31.9 Å². The van der Waals surface area contributed by atoms with Crippen molar-refractivity contribution in [3.63, 3.8) is 0 Å². The normalized spacial score (nSPS) is 20.1. The fourth-order valence-corrected chi connectivity index (χ4v) is 4.72. The van der Waals surface area contributed by atoms with Crippen molar-refractivity contribution >= 4 is 28.5 Å². The summed E-state index contributed by atoms with van der Waals surface area (Å²) in [6.07, 6.45) is 0.750. The van der Waals surface area contributed by atoms with Crippen molar-refractivity contribution in [2.24, 2.45) is 4.99 Å². The lowest BCUT2D eigenvalue weighted by atomic mass is 10.1. The maximum Gasteiger partial charge on any atom is 0.262 e. The second-order valence-electron chi connectivity index (χ2n) is 7.34. The Morgan fingerprint density at radius 1 is 0.963 bits per heavy atom. The third-order valence-electron chi connectivity index (χ3n) is 5.19. The van der Waals surface area contributed by atoms with Crippen LogP contribution in [0.5, 0.6) is 0 Å².